The number of hydrogen-bond acceptors (Lipinski definition) is 5. The second-order valence-electron chi connectivity index (χ2n) is 7.17. The Morgan fingerprint density at radius 1 is 1.00 bits per heavy atom. The summed E-state index contributed by atoms with van der Waals surface area (Å²) < 4.78 is 20.8. The summed E-state index contributed by atoms with van der Waals surface area (Å²) in [4.78, 5) is 12.5. The van der Waals surface area contributed by atoms with E-state index in [1.54, 1.807) is 24.3 Å². The molecular weight excluding hydrogens is 439 g/mol. The number of nitrogens with zero attached hydrogens (tertiary/aromatic N) is 3. The quantitative estimate of drug-likeness (QED) is 0.350. The Bertz CT molecular complexity index is 1200. The maximum atomic E-state index is 13.5. The number of rotatable bonds is 9. The molecule has 4 rings (SSSR count). The van der Waals surface area contributed by atoms with E-state index in [4.69, 9.17) is 4.74 Å². The van der Waals surface area contributed by atoms with E-state index in [0.717, 1.165) is 17.0 Å². The minimum atomic E-state index is -0.319. The predicted molar refractivity (Wildman–Crippen MR) is 128 cm³/mol. The molecule has 1 aromatic heterocycles. The fourth-order valence-corrected chi connectivity index (χ4v) is 4.04. The van der Waals surface area contributed by atoms with Crippen molar-refractivity contribution in [2.45, 2.75) is 18.5 Å². The lowest BCUT2D eigenvalue weighted by Gasteiger charge is -2.11. The van der Waals surface area contributed by atoms with Gasteiger partial charge in [-0.15, -0.1) is 10.2 Å². The summed E-state index contributed by atoms with van der Waals surface area (Å²) in [6, 6.07) is 23.3. The fraction of sp³-hybridized carbons (Fsp3) is 0.160. The van der Waals surface area contributed by atoms with E-state index in [1.807, 2.05) is 54.0 Å². The standard InChI is InChI=1S/C25H23FN4O2S/c1-2-32-22-14-10-20(11-15-22)27-24(31)17-33-25-29-28-23(16-18-6-4-3-5-7-18)30(25)21-12-8-19(26)9-13-21/h3-15H,2,16-17H2,1H3,(H,27,31). The number of hydrogen-bond donors (Lipinski definition) is 1. The summed E-state index contributed by atoms with van der Waals surface area (Å²) in [6.07, 6.45) is 0.560. The second-order valence-corrected chi connectivity index (χ2v) is 8.11. The van der Waals surface area contributed by atoms with Crippen molar-refractivity contribution in [1.82, 2.24) is 14.8 Å². The zero-order valence-corrected chi connectivity index (χ0v) is 18.9. The molecule has 4 aromatic rings. The minimum Gasteiger partial charge on any atom is -0.494 e. The molecule has 0 aliphatic heterocycles. The lowest BCUT2D eigenvalue weighted by molar-refractivity contribution is -0.113. The highest BCUT2D eigenvalue weighted by molar-refractivity contribution is 7.99. The monoisotopic (exact) mass is 462 g/mol. The van der Waals surface area contributed by atoms with Gasteiger partial charge in [-0.1, -0.05) is 42.1 Å². The van der Waals surface area contributed by atoms with Crippen LogP contribution < -0.4 is 10.1 Å². The van der Waals surface area contributed by atoms with Crippen LogP contribution in [-0.2, 0) is 11.2 Å². The Hall–Kier alpha value is -3.65. The highest BCUT2D eigenvalue weighted by Crippen LogP contribution is 2.24. The maximum Gasteiger partial charge on any atom is 0.234 e. The first kappa shape index (κ1) is 22.5. The summed E-state index contributed by atoms with van der Waals surface area (Å²) in [7, 11) is 0. The molecule has 168 valence electrons. The van der Waals surface area contributed by atoms with Gasteiger partial charge in [0.05, 0.1) is 12.4 Å². The van der Waals surface area contributed by atoms with E-state index < -0.39 is 0 Å². The number of carbonyl (C=O) groups is 1. The molecule has 0 unspecified atom stereocenters. The van der Waals surface area contributed by atoms with Crippen LogP contribution >= 0.6 is 11.8 Å². The van der Waals surface area contributed by atoms with Gasteiger partial charge in [0.2, 0.25) is 5.91 Å². The van der Waals surface area contributed by atoms with E-state index >= 15 is 0 Å². The van der Waals surface area contributed by atoms with Gasteiger partial charge in [0.15, 0.2) is 5.16 Å². The molecule has 0 saturated carbocycles. The van der Waals surface area contributed by atoms with Crippen LogP contribution in [0.4, 0.5) is 10.1 Å². The Labute approximate surface area is 195 Å². The van der Waals surface area contributed by atoms with E-state index in [2.05, 4.69) is 15.5 Å². The molecule has 0 atom stereocenters. The third-order valence-electron chi connectivity index (χ3n) is 4.77. The van der Waals surface area contributed by atoms with E-state index in [1.165, 1.54) is 23.9 Å². The summed E-state index contributed by atoms with van der Waals surface area (Å²) in [6.45, 7) is 2.51. The fourth-order valence-electron chi connectivity index (χ4n) is 3.26. The lowest BCUT2D eigenvalue weighted by atomic mass is 10.1. The zero-order valence-electron chi connectivity index (χ0n) is 18.1. The molecular formula is C25H23FN4O2S. The molecule has 6 nitrogen and oxygen atoms in total. The zero-order chi connectivity index (χ0) is 23.0. The average Bonchev–Trinajstić information content (AvgIpc) is 3.22. The molecule has 8 heteroatoms. The normalized spacial score (nSPS) is 10.7. The SMILES string of the molecule is CCOc1ccc(NC(=O)CSc2nnc(Cc3ccccc3)n2-c2ccc(F)cc2)cc1. The third kappa shape index (κ3) is 5.98. The largest absolute Gasteiger partial charge is 0.494 e. The maximum absolute atomic E-state index is 13.5. The predicted octanol–water partition coefficient (Wildman–Crippen LogP) is 5.13. The number of benzene rings is 3. The summed E-state index contributed by atoms with van der Waals surface area (Å²) in [5, 5.41) is 12.1. The van der Waals surface area contributed by atoms with Crippen LogP contribution in [0.2, 0.25) is 0 Å². The molecule has 1 heterocycles. The van der Waals surface area contributed by atoms with Gasteiger partial charge in [-0.05, 0) is 61.0 Å². The summed E-state index contributed by atoms with van der Waals surface area (Å²) in [5.74, 6) is 1.13. The van der Waals surface area contributed by atoms with Crippen molar-refractivity contribution in [3.05, 3.63) is 96.1 Å². The van der Waals surface area contributed by atoms with Crippen LogP contribution in [0.1, 0.15) is 18.3 Å². The number of carbonyl (C=O) groups excluding carboxylic acids is 1. The number of aromatic nitrogens is 3. The number of amides is 1. The van der Waals surface area contributed by atoms with Gasteiger partial charge >= 0.3 is 0 Å². The smallest absolute Gasteiger partial charge is 0.234 e. The third-order valence-corrected chi connectivity index (χ3v) is 5.70. The van der Waals surface area contributed by atoms with Crippen LogP contribution in [-0.4, -0.2) is 33.0 Å². The molecule has 3 aromatic carbocycles. The molecule has 0 fully saturated rings. The minimum absolute atomic E-state index is 0.151. The Kier molecular flexibility index (Phi) is 7.36. The molecule has 0 aliphatic carbocycles. The van der Waals surface area contributed by atoms with Crippen molar-refractivity contribution in [2.24, 2.45) is 0 Å². The molecule has 0 aliphatic rings. The van der Waals surface area contributed by atoms with Gasteiger partial charge in [0.25, 0.3) is 0 Å². The van der Waals surface area contributed by atoms with Crippen LogP contribution in [0.3, 0.4) is 0 Å². The van der Waals surface area contributed by atoms with Crippen LogP contribution in [0, 0.1) is 5.82 Å². The van der Waals surface area contributed by atoms with Crippen LogP contribution in [0.5, 0.6) is 5.75 Å². The summed E-state index contributed by atoms with van der Waals surface area (Å²) >= 11 is 1.27. The molecule has 0 spiro atoms. The number of halogens is 1. The van der Waals surface area contributed by atoms with Crippen molar-refractivity contribution >= 4 is 23.4 Å². The van der Waals surface area contributed by atoms with Gasteiger partial charge in [0.1, 0.15) is 17.4 Å². The Morgan fingerprint density at radius 2 is 1.73 bits per heavy atom. The van der Waals surface area contributed by atoms with Crippen molar-refractivity contribution in [2.75, 3.05) is 17.7 Å². The second kappa shape index (κ2) is 10.8. The highest BCUT2D eigenvalue weighted by atomic mass is 32.2. The topological polar surface area (TPSA) is 69.0 Å². The molecule has 0 bridgehead atoms. The van der Waals surface area contributed by atoms with Crippen molar-refractivity contribution in [3.8, 4) is 11.4 Å². The van der Waals surface area contributed by atoms with Gasteiger partial charge in [-0.25, -0.2) is 4.39 Å². The molecule has 0 saturated heterocycles. The van der Waals surface area contributed by atoms with E-state index in [-0.39, 0.29) is 17.5 Å². The first-order valence-corrected chi connectivity index (χ1v) is 11.5. The van der Waals surface area contributed by atoms with Crippen LogP contribution in [0.15, 0.2) is 84.0 Å². The number of thioether (sulfide) groups is 1. The average molecular weight is 463 g/mol. The van der Waals surface area contributed by atoms with Crippen molar-refractivity contribution in [1.29, 1.82) is 0 Å². The van der Waals surface area contributed by atoms with E-state index in [0.29, 0.717) is 29.7 Å². The number of anilines is 1. The molecule has 0 radical (unpaired) electrons. The first-order valence-electron chi connectivity index (χ1n) is 10.5. The molecule has 33 heavy (non-hydrogen) atoms. The number of nitrogens with one attached hydrogen (secondary N) is 1. The van der Waals surface area contributed by atoms with Gasteiger partial charge in [0, 0.05) is 17.8 Å². The van der Waals surface area contributed by atoms with Crippen LogP contribution in [0.25, 0.3) is 5.69 Å². The Morgan fingerprint density at radius 3 is 2.42 bits per heavy atom. The molecule has 1 amide bonds. The first-order chi connectivity index (χ1) is 16.1. The van der Waals surface area contributed by atoms with Gasteiger partial charge < -0.3 is 10.1 Å². The summed E-state index contributed by atoms with van der Waals surface area (Å²) in [5.41, 5.74) is 2.51. The van der Waals surface area contributed by atoms with Gasteiger partial charge in [-0.3, -0.25) is 9.36 Å². The van der Waals surface area contributed by atoms with Crippen molar-refractivity contribution in [3.63, 3.8) is 0 Å². The highest BCUT2D eigenvalue weighted by Gasteiger charge is 2.16. The molecule has 1 N–H and O–H groups in total. The lowest BCUT2D eigenvalue weighted by Crippen LogP contribution is -2.14. The number of ether oxygens (including phenoxy) is 1. The van der Waals surface area contributed by atoms with E-state index in [9.17, 15) is 9.18 Å². The van der Waals surface area contributed by atoms with Crippen molar-refractivity contribution < 1.29 is 13.9 Å². The van der Waals surface area contributed by atoms with Gasteiger partial charge in [-0.2, -0.15) is 0 Å². The Balaban J connectivity index is 1.49.